The summed E-state index contributed by atoms with van der Waals surface area (Å²) in [6.45, 7) is 1.98. The number of hydrogen-bond donors (Lipinski definition) is 0. The fraction of sp³-hybridized carbons (Fsp3) is 0.308. The maximum Gasteiger partial charge on any atom is 0.203 e. The van der Waals surface area contributed by atoms with E-state index in [1.54, 1.807) is 32.7 Å². The molecule has 0 spiro atoms. The van der Waals surface area contributed by atoms with E-state index in [1.165, 1.54) is 0 Å². The monoisotopic (exact) mass is 265 g/mol. The number of thiazole rings is 1. The standard InChI is InChI=1S/C13H15NO3S/c1-8-14-10(7-18-8)9-5-11(15-2)13(17-4)12(6-9)16-3/h5-7H,1-4H3. The van der Waals surface area contributed by atoms with Crippen LogP contribution in [0.2, 0.25) is 0 Å². The Morgan fingerprint density at radius 3 is 2.00 bits per heavy atom. The third-order valence-corrected chi connectivity index (χ3v) is 3.35. The molecule has 0 radical (unpaired) electrons. The lowest BCUT2D eigenvalue weighted by molar-refractivity contribution is 0.324. The van der Waals surface area contributed by atoms with Crippen molar-refractivity contribution in [2.45, 2.75) is 6.92 Å². The first-order valence-corrected chi connectivity index (χ1v) is 6.30. The van der Waals surface area contributed by atoms with E-state index >= 15 is 0 Å². The Kier molecular flexibility index (Phi) is 3.72. The Morgan fingerprint density at radius 1 is 1.00 bits per heavy atom. The summed E-state index contributed by atoms with van der Waals surface area (Å²) in [6.07, 6.45) is 0. The Hall–Kier alpha value is -1.75. The molecule has 0 unspecified atom stereocenters. The van der Waals surface area contributed by atoms with Gasteiger partial charge in [0.1, 0.15) is 0 Å². The number of aryl methyl sites for hydroxylation is 1. The highest BCUT2D eigenvalue weighted by Gasteiger charge is 2.15. The number of benzene rings is 1. The quantitative estimate of drug-likeness (QED) is 0.851. The van der Waals surface area contributed by atoms with Crippen LogP contribution < -0.4 is 14.2 Å². The molecule has 0 aliphatic heterocycles. The first-order chi connectivity index (χ1) is 8.69. The summed E-state index contributed by atoms with van der Waals surface area (Å²) in [4.78, 5) is 4.45. The Morgan fingerprint density at radius 2 is 1.61 bits per heavy atom. The molecule has 96 valence electrons. The first kappa shape index (κ1) is 12.7. The van der Waals surface area contributed by atoms with E-state index in [0.29, 0.717) is 17.2 Å². The van der Waals surface area contributed by atoms with Crippen molar-refractivity contribution in [2.75, 3.05) is 21.3 Å². The molecule has 0 bridgehead atoms. The van der Waals surface area contributed by atoms with Crippen molar-refractivity contribution in [3.05, 3.63) is 22.5 Å². The predicted octanol–water partition coefficient (Wildman–Crippen LogP) is 3.14. The van der Waals surface area contributed by atoms with Gasteiger partial charge in [-0.15, -0.1) is 11.3 Å². The Bertz CT molecular complexity index is 526. The molecule has 0 aliphatic rings. The lowest BCUT2D eigenvalue weighted by atomic mass is 10.1. The summed E-state index contributed by atoms with van der Waals surface area (Å²) >= 11 is 1.61. The highest BCUT2D eigenvalue weighted by atomic mass is 32.1. The SMILES string of the molecule is COc1cc(-c2csc(C)n2)cc(OC)c1OC. The van der Waals surface area contributed by atoms with E-state index in [9.17, 15) is 0 Å². The van der Waals surface area contributed by atoms with Crippen molar-refractivity contribution in [3.63, 3.8) is 0 Å². The third-order valence-electron chi connectivity index (χ3n) is 2.58. The lowest BCUT2D eigenvalue weighted by Crippen LogP contribution is -1.95. The molecule has 1 aromatic carbocycles. The van der Waals surface area contributed by atoms with Crippen molar-refractivity contribution >= 4 is 11.3 Å². The molecule has 0 N–H and O–H groups in total. The number of hydrogen-bond acceptors (Lipinski definition) is 5. The van der Waals surface area contributed by atoms with Gasteiger partial charge in [-0.05, 0) is 19.1 Å². The average molecular weight is 265 g/mol. The zero-order valence-corrected chi connectivity index (χ0v) is 11.6. The van der Waals surface area contributed by atoms with E-state index in [2.05, 4.69) is 4.98 Å². The van der Waals surface area contributed by atoms with E-state index in [4.69, 9.17) is 14.2 Å². The Labute approximate surface area is 110 Å². The van der Waals surface area contributed by atoms with E-state index in [1.807, 2.05) is 24.4 Å². The molecule has 4 nitrogen and oxygen atoms in total. The minimum atomic E-state index is 0.593. The second-order valence-electron chi connectivity index (χ2n) is 3.67. The molecule has 0 saturated carbocycles. The molecule has 18 heavy (non-hydrogen) atoms. The molecular formula is C13H15NO3S. The maximum atomic E-state index is 5.32. The second kappa shape index (κ2) is 5.27. The van der Waals surface area contributed by atoms with E-state index in [0.717, 1.165) is 16.3 Å². The van der Waals surface area contributed by atoms with E-state index < -0.39 is 0 Å². The van der Waals surface area contributed by atoms with Crippen LogP contribution in [0.3, 0.4) is 0 Å². The van der Waals surface area contributed by atoms with Crippen molar-refractivity contribution in [3.8, 4) is 28.5 Å². The highest BCUT2D eigenvalue weighted by molar-refractivity contribution is 7.09. The van der Waals surface area contributed by atoms with Gasteiger partial charge in [-0.1, -0.05) is 0 Å². The van der Waals surface area contributed by atoms with Gasteiger partial charge < -0.3 is 14.2 Å². The number of methoxy groups -OCH3 is 3. The highest BCUT2D eigenvalue weighted by Crippen LogP contribution is 2.41. The van der Waals surface area contributed by atoms with Gasteiger partial charge in [-0.3, -0.25) is 0 Å². The summed E-state index contributed by atoms with van der Waals surface area (Å²) < 4.78 is 15.9. The van der Waals surface area contributed by atoms with Crippen molar-refractivity contribution in [1.82, 2.24) is 4.98 Å². The molecular weight excluding hydrogens is 250 g/mol. The molecule has 0 amide bonds. The molecule has 2 rings (SSSR count). The van der Waals surface area contributed by atoms with Gasteiger partial charge in [0.2, 0.25) is 5.75 Å². The number of rotatable bonds is 4. The summed E-state index contributed by atoms with van der Waals surface area (Å²) in [5.41, 5.74) is 1.87. The van der Waals surface area contributed by atoms with Crippen molar-refractivity contribution in [2.24, 2.45) is 0 Å². The predicted molar refractivity (Wildman–Crippen MR) is 71.9 cm³/mol. The topological polar surface area (TPSA) is 40.6 Å². The van der Waals surface area contributed by atoms with E-state index in [-0.39, 0.29) is 0 Å². The normalized spacial score (nSPS) is 10.2. The molecule has 1 aromatic heterocycles. The fourth-order valence-electron chi connectivity index (χ4n) is 1.72. The van der Waals surface area contributed by atoms with Gasteiger partial charge >= 0.3 is 0 Å². The van der Waals surface area contributed by atoms with Crippen molar-refractivity contribution < 1.29 is 14.2 Å². The molecule has 2 aromatic rings. The van der Waals surface area contributed by atoms with Crippen LogP contribution >= 0.6 is 11.3 Å². The molecule has 5 heteroatoms. The zero-order chi connectivity index (χ0) is 13.1. The summed E-state index contributed by atoms with van der Waals surface area (Å²) in [5.74, 6) is 1.87. The van der Waals surface area contributed by atoms with Gasteiger partial charge in [0.05, 0.1) is 32.0 Å². The Balaban J connectivity index is 2.56. The molecule has 0 saturated heterocycles. The van der Waals surface area contributed by atoms with Crippen LogP contribution in [-0.2, 0) is 0 Å². The van der Waals surface area contributed by atoms with Crippen molar-refractivity contribution in [1.29, 1.82) is 0 Å². The van der Waals surface area contributed by atoms with Gasteiger partial charge in [0, 0.05) is 10.9 Å². The zero-order valence-electron chi connectivity index (χ0n) is 10.8. The largest absolute Gasteiger partial charge is 0.493 e. The maximum absolute atomic E-state index is 5.32. The number of nitrogens with zero attached hydrogens (tertiary/aromatic N) is 1. The minimum absolute atomic E-state index is 0.593. The lowest BCUT2D eigenvalue weighted by Gasteiger charge is -2.13. The molecule has 1 heterocycles. The first-order valence-electron chi connectivity index (χ1n) is 5.42. The third kappa shape index (κ3) is 2.26. The van der Waals surface area contributed by atoms with Crippen LogP contribution in [-0.4, -0.2) is 26.3 Å². The van der Waals surface area contributed by atoms with Gasteiger partial charge in [-0.25, -0.2) is 4.98 Å². The van der Waals surface area contributed by atoms with Crippen LogP contribution in [0.25, 0.3) is 11.3 Å². The van der Waals surface area contributed by atoms with Gasteiger partial charge in [-0.2, -0.15) is 0 Å². The van der Waals surface area contributed by atoms with Crippen LogP contribution in [0.5, 0.6) is 17.2 Å². The van der Waals surface area contributed by atoms with Gasteiger partial charge in [0.25, 0.3) is 0 Å². The number of ether oxygens (including phenoxy) is 3. The fourth-order valence-corrected chi connectivity index (χ4v) is 2.35. The second-order valence-corrected chi connectivity index (χ2v) is 4.73. The average Bonchev–Trinajstić information content (AvgIpc) is 2.83. The van der Waals surface area contributed by atoms with Gasteiger partial charge in [0.15, 0.2) is 11.5 Å². The van der Waals surface area contributed by atoms with Crippen LogP contribution in [0.15, 0.2) is 17.5 Å². The van der Waals surface area contributed by atoms with Crippen LogP contribution in [0.4, 0.5) is 0 Å². The smallest absolute Gasteiger partial charge is 0.203 e. The minimum Gasteiger partial charge on any atom is -0.493 e. The molecule has 0 fully saturated rings. The van der Waals surface area contributed by atoms with Crippen LogP contribution in [0.1, 0.15) is 5.01 Å². The molecule has 0 aliphatic carbocycles. The van der Waals surface area contributed by atoms with Crippen LogP contribution in [0, 0.1) is 6.92 Å². The summed E-state index contributed by atoms with van der Waals surface area (Å²) in [6, 6.07) is 3.80. The molecule has 0 atom stereocenters. The number of aromatic nitrogens is 1. The summed E-state index contributed by atoms with van der Waals surface area (Å²) in [7, 11) is 4.80. The summed E-state index contributed by atoms with van der Waals surface area (Å²) in [5, 5.41) is 3.04.